The van der Waals surface area contributed by atoms with Crippen molar-refractivity contribution in [2.45, 2.75) is 39.7 Å². The summed E-state index contributed by atoms with van der Waals surface area (Å²) < 4.78 is 5.30. The average molecular weight is 321 g/mol. The zero-order chi connectivity index (χ0) is 16.1. The standard InChI is InChI=1S/C17H21ClN2O2/c1-4-14(19-10-9-11(2)3)15-17(21)22-16(20-15)12-5-7-13(18)8-6-12/h5-8,11,15H,4,9-10H2,1-3H3. The Balaban J connectivity index is 2.16. The molecule has 0 saturated carbocycles. The summed E-state index contributed by atoms with van der Waals surface area (Å²) in [7, 11) is 0. The van der Waals surface area contributed by atoms with E-state index in [1.807, 2.05) is 6.92 Å². The minimum Gasteiger partial charge on any atom is -0.405 e. The second-order valence-corrected chi connectivity index (χ2v) is 6.11. The normalized spacial score (nSPS) is 18.6. The molecule has 0 bridgehead atoms. The molecule has 1 unspecified atom stereocenters. The first-order valence-corrected chi connectivity index (χ1v) is 7.97. The predicted molar refractivity (Wildman–Crippen MR) is 89.9 cm³/mol. The number of nitrogens with zero attached hydrogens (tertiary/aromatic N) is 2. The molecule has 0 aromatic heterocycles. The van der Waals surface area contributed by atoms with Crippen LogP contribution in [0.25, 0.3) is 0 Å². The highest BCUT2D eigenvalue weighted by atomic mass is 35.5. The van der Waals surface area contributed by atoms with Crippen molar-refractivity contribution < 1.29 is 9.53 Å². The summed E-state index contributed by atoms with van der Waals surface area (Å²) in [5.74, 6) is 0.581. The number of halogens is 1. The van der Waals surface area contributed by atoms with Gasteiger partial charge in [-0.1, -0.05) is 32.4 Å². The van der Waals surface area contributed by atoms with E-state index < -0.39 is 6.04 Å². The van der Waals surface area contributed by atoms with Crippen LogP contribution < -0.4 is 0 Å². The van der Waals surface area contributed by atoms with Crippen LogP contribution in [0.1, 0.15) is 39.2 Å². The second-order valence-electron chi connectivity index (χ2n) is 5.67. The van der Waals surface area contributed by atoms with Gasteiger partial charge in [0, 0.05) is 22.8 Å². The third kappa shape index (κ3) is 4.17. The Morgan fingerprint density at radius 1 is 1.36 bits per heavy atom. The molecule has 5 heteroatoms. The van der Waals surface area contributed by atoms with Crippen LogP contribution in [0, 0.1) is 5.92 Å². The van der Waals surface area contributed by atoms with Crippen molar-refractivity contribution in [3.05, 3.63) is 34.9 Å². The van der Waals surface area contributed by atoms with Crippen LogP contribution in [0.3, 0.4) is 0 Å². The summed E-state index contributed by atoms with van der Waals surface area (Å²) >= 11 is 5.86. The van der Waals surface area contributed by atoms with Gasteiger partial charge in [-0.25, -0.2) is 9.79 Å². The molecule has 0 aliphatic carbocycles. The van der Waals surface area contributed by atoms with Crippen LogP contribution in [0.5, 0.6) is 0 Å². The molecule has 1 aromatic rings. The Labute approximate surface area is 136 Å². The van der Waals surface area contributed by atoms with Crippen molar-refractivity contribution in [1.29, 1.82) is 0 Å². The van der Waals surface area contributed by atoms with Gasteiger partial charge in [0.15, 0.2) is 6.04 Å². The molecule has 1 heterocycles. The van der Waals surface area contributed by atoms with Crippen LogP contribution >= 0.6 is 11.6 Å². The Hall–Kier alpha value is -1.68. The summed E-state index contributed by atoms with van der Waals surface area (Å²) in [5.41, 5.74) is 1.53. The highest BCUT2D eigenvalue weighted by Crippen LogP contribution is 2.18. The summed E-state index contributed by atoms with van der Waals surface area (Å²) in [6.07, 6.45) is 1.69. The number of carbonyl (C=O) groups excluding carboxylic acids is 1. The van der Waals surface area contributed by atoms with Crippen molar-refractivity contribution in [3.63, 3.8) is 0 Å². The van der Waals surface area contributed by atoms with E-state index >= 15 is 0 Å². The van der Waals surface area contributed by atoms with Crippen molar-refractivity contribution in [2.24, 2.45) is 15.9 Å². The van der Waals surface area contributed by atoms with E-state index in [4.69, 9.17) is 16.3 Å². The van der Waals surface area contributed by atoms with Gasteiger partial charge in [-0.2, -0.15) is 0 Å². The maximum absolute atomic E-state index is 12.1. The molecule has 0 spiro atoms. The fourth-order valence-electron chi connectivity index (χ4n) is 2.14. The Morgan fingerprint density at radius 2 is 2.05 bits per heavy atom. The monoisotopic (exact) mass is 320 g/mol. The molecule has 118 valence electrons. The molecule has 1 aromatic carbocycles. The molecule has 1 aliphatic rings. The minimum absolute atomic E-state index is 0.344. The van der Waals surface area contributed by atoms with E-state index in [0.29, 0.717) is 23.3 Å². The largest absolute Gasteiger partial charge is 0.405 e. The van der Waals surface area contributed by atoms with Crippen LogP contribution in [0.4, 0.5) is 0 Å². The number of ether oxygens (including phenoxy) is 1. The first-order valence-electron chi connectivity index (χ1n) is 7.60. The molecule has 0 fully saturated rings. The van der Waals surface area contributed by atoms with Crippen molar-refractivity contribution in [3.8, 4) is 0 Å². The average Bonchev–Trinajstić information content (AvgIpc) is 2.86. The number of aliphatic imine (C=N–C) groups is 2. The molecule has 1 atom stereocenters. The third-order valence-electron chi connectivity index (χ3n) is 3.46. The topological polar surface area (TPSA) is 51.0 Å². The van der Waals surface area contributed by atoms with Crippen LogP contribution in [-0.4, -0.2) is 30.2 Å². The summed E-state index contributed by atoms with van der Waals surface area (Å²) in [6.45, 7) is 7.01. The molecule has 0 radical (unpaired) electrons. The summed E-state index contributed by atoms with van der Waals surface area (Å²) in [4.78, 5) is 21.0. The molecular formula is C17H21ClN2O2. The van der Waals surface area contributed by atoms with Gasteiger partial charge in [-0.15, -0.1) is 0 Å². The second kappa shape index (κ2) is 7.54. The molecule has 0 amide bonds. The van der Waals surface area contributed by atoms with Crippen molar-refractivity contribution in [1.82, 2.24) is 0 Å². The molecule has 22 heavy (non-hydrogen) atoms. The van der Waals surface area contributed by atoms with Crippen LogP contribution in [-0.2, 0) is 9.53 Å². The number of hydrogen-bond donors (Lipinski definition) is 0. The Bertz CT molecular complexity index is 591. The molecule has 1 aliphatic heterocycles. The summed E-state index contributed by atoms with van der Waals surface area (Å²) in [5, 5.41) is 0.634. The molecule has 0 saturated heterocycles. The lowest BCUT2D eigenvalue weighted by Gasteiger charge is -2.07. The lowest BCUT2D eigenvalue weighted by Crippen LogP contribution is -2.25. The lowest BCUT2D eigenvalue weighted by atomic mass is 10.1. The number of rotatable bonds is 6. The first-order chi connectivity index (χ1) is 10.5. The third-order valence-corrected chi connectivity index (χ3v) is 3.71. The van der Waals surface area contributed by atoms with E-state index in [9.17, 15) is 4.79 Å². The van der Waals surface area contributed by atoms with E-state index in [0.717, 1.165) is 24.2 Å². The number of hydrogen-bond acceptors (Lipinski definition) is 4. The number of carbonyl (C=O) groups is 1. The first kappa shape index (κ1) is 16.7. The number of esters is 1. The predicted octanol–water partition coefficient (Wildman–Crippen LogP) is 3.91. The quantitative estimate of drug-likeness (QED) is 0.589. The van der Waals surface area contributed by atoms with Crippen LogP contribution in [0.15, 0.2) is 34.3 Å². The van der Waals surface area contributed by atoms with Crippen molar-refractivity contribution >= 4 is 29.2 Å². The highest BCUT2D eigenvalue weighted by Gasteiger charge is 2.33. The van der Waals surface area contributed by atoms with Gasteiger partial charge in [0.05, 0.1) is 0 Å². The van der Waals surface area contributed by atoms with E-state index in [2.05, 4.69) is 23.8 Å². The van der Waals surface area contributed by atoms with Gasteiger partial charge in [0.2, 0.25) is 5.90 Å². The zero-order valence-electron chi connectivity index (χ0n) is 13.2. The lowest BCUT2D eigenvalue weighted by molar-refractivity contribution is -0.133. The SMILES string of the molecule is CCC(=NCCC(C)C)C1N=C(c2ccc(Cl)cc2)OC1=O. The van der Waals surface area contributed by atoms with Crippen molar-refractivity contribution in [2.75, 3.05) is 6.54 Å². The van der Waals surface area contributed by atoms with E-state index in [-0.39, 0.29) is 5.97 Å². The minimum atomic E-state index is -0.608. The van der Waals surface area contributed by atoms with Gasteiger partial charge in [-0.3, -0.25) is 4.99 Å². The van der Waals surface area contributed by atoms with Gasteiger partial charge in [-0.05, 0) is 43.0 Å². The van der Waals surface area contributed by atoms with Gasteiger partial charge >= 0.3 is 5.97 Å². The molecule has 0 N–H and O–H groups in total. The van der Waals surface area contributed by atoms with E-state index in [1.54, 1.807) is 24.3 Å². The Morgan fingerprint density at radius 3 is 2.64 bits per heavy atom. The molecule has 2 rings (SSSR count). The molecular weight excluding hydrogens is 300 g/mol. The highest BCUT2D eigenvalue weighted by molar-refractivity contribution is 6.30. The summed E-state index contributed by atoms with van der Waals surface area (Å²) in [6, 6.07) is 6.47. The van der Waals surface area contributed by atoms with Crippen LogP contribution in [0.2, 0.25) is 5.02 Å². The van der Waals surface area contributed by atoms with Gasteiger partial charge in [0.1, 0.15) is 0 Å². The zero-order valence-corrected chi connectivity index (χ0v) is 13.9. The number of cyclic esters (lactones) is 1. The van der Waals surface area contributed by atoms with Gasteiger partial charge < -0.3 is 4.74 Å². The smallest absolute Gasteiger partial charge is 0.343 e. The maximum atomic E-state index is 12.1. The van der Waals surface area contributed by atoms with Gasteiger partial charge in [0.25, 0.3) is 0 Å². The molecule has 4 nitrogen and oxygen atoms in total. The van der Waals surface area contributed by atoms with E-state index in [1.165, 1.54) is 0 Å². The maximum Gasteiger partial charge on any atom is 0.343 e. The number of benzene rings is 1. The Kier molecular flexibility index (Phi) is 5.72. The fraction of sp³-hybridized carbons (Fsp3) is 0.471. The fourth-order valence-corrected chi connectivity index (χ4v) is 2.27.